The maximum atomic E-state index is 14.0. The van der Waals surface area contributed by atoms with Gasteiger partial charge in [0.25, 0.3) is 0 Å². The highest BCUT2D eigenvalue weighted by Gasteiger charge is 2.14. The van der Waals surface area contributed by atoms with Crippen LogP contribution in [0.4, 0.5) is 4.39 Å². The van der Waals surface area contributed by atoms with Crippen LogP contribution in [0.3, 0.4) is 0 Å². The average molecular weight is 290 g/mol. The Morgan fingerprint density at radius 3 is 2.69 bits per heavy atom. The third-order valence-electron chi connectivity index (χ3n) is 2.52. The summed E-state index contributed by atoms with van der Waals surface area (Å²) in [5.74, 6) is 0.0275. The monoisotopic (exact) mass is 289 g/mol. The van der Waals surface area contributed by atoms with Gasteiger partial charge in [-0.05, 0) is 59.8 Å². The summed E-state index contributed by atoms with van der Waals surface area (Å²) in [6.45, 7) is 2.58. The van der Waals surface area contributed by atoms with E-state index in [1.807, 2.05) is 13.0 Å². The first-order valence-corrected chi connectivity index (χ1v) is 6.12. The van der Waals surface area contributed by atoms with Gasteiger partial charge in [0.05, 0.1) is 11.6 Å². The Bertz CT molecular complexity index is 369. The molecule has 1 rings (SSSR count). The number of aryl methyl sites for hydroxylation is 2. The topological polar surface area (TPSA) is 35.2 Å². The molecule has 0 spiro atoms. The van der Waals surface area contributed by atoms with Crippen LogP contribution in [-0.2, 0) is 6.42 Å². The highest BCUT2D eigenvalue weighted by molar-refractivity contribution is 9.10. The van der Waals surface area contributed by atoms with Gasteiger partial charge in [-0.1, -0.05) is 6.07 Å². The lowest BCUT2D eigenvalue weighted by atomic mass is 10.0. The van der Waals surface area contributed by atoms with Crippen LogP contribution in [0.15, 0.2) is 10.5 Å². The van der Waals surface area contributed by atoms with E-state index in [-0.39, 0.29) is 5.82 Å². The molecule has 90 valence electrons. The smallest absolute Gasteiger partial charge is 0.169 e. The normalized spacial score (nSPS) is 10.6. The van der Waals surface area contributed by atoms with Crippen LogP contribution in [0.5, 0.6) is 5.75 Å². The fourth-order valence-electron chi connectivity index (χ4n) is 1.63. The summed E-state index contributed by atoms with van der Waals surface area (Å²) in [7, 11) is 1.48. The van der Waals surface area contributed by atoms with Gasteiger partial charge in [-0.15, -0.1) is 0 Å². The summed E-state index contributed by atoms with van der Waals surface area (Å²) in [6, 6.07) is 1.86. The first-order valence-electron chi connectivity index (χ1n) is 5.33. The van der Waals surface area contributed by atoms with Gasteiger partial charge in [0, 0.05) is 0 Å². The maximum Gasteiger partial charge on any atom is 0.169 e. The summed E-state index contributed by atoms with van der Waals surface area (Å²) in [5.41, 5.74) is 7.10. The molecule has 0 aliphatic rings. The Morgan fingerprint density at radius 2 is 2.12 bits per heavy atom. The van der Waals surface area contributed by atoms with Crippen molar-refractivity contribution < 1.29 is 9.13 Å². The molecule has 0 atom stereocenters. The second kappa shape index (κ2) is 6.21. The molecule has 16 heavy (non-hydrogen) atoms. The van der Waals surface area contributed by atoms with E-state index >= 15 is 0 Å². The zero-order valence-corrected chi connectivity index (χ0v) is 11.2. The highest BCUT2D eigenvalue weighted by atomic mass is 79.9. The number of ether oxygens (including phenoxy) is 1. The molecule has 1 aromatic carbocycles. The van der Waals surface area contributed by atoms with E-state index in [9.17, 15) is 4.39 Å². The third kappa shape index (κ3) is 2.95. The van der Waals surface area contributed by atoms with Gasteiger partial charge >= 0.3 is 0 Å². The van der Waals surface area contributed by atoms with Crippen LogP contribution in [0.2, 0.25) is 0 Å². The van der Waals surface area contributed by atoms with E-state index in [4.69, 9.17) is 10.5 Å². The zero-order chi connectivity index (χ0) is 12.1. The molecule has 0 saturated carbocycles. The first-order chi connectivity index (χ1) is 7.61. The number of rotatable bonds is 5. The lowest BCUT2D eigenvalue weighted by Gasteiger charge is -2.12. The van der Waals surface area contributed by atoms with Gasteiger partial charge in [-0.25, -0.2) is 4.39 Å². The fourth-order valence-corrected chi connectivity index (χ4v) is 2.08. The molecular formula is C12H17BrFNO. The molecule has 1 aromatic rings. The molecule has 0 heterocycles. The van der Waals surface area contributed by atoms with Crippen molar-refractivity contribution in [1.29, 1.82) is 0 Å². The number of halogens is 2. The van der Waals surface area contributed by atoms with Crippen LogP contribution in [0.1, 0.15) is 24.0 Å². The summed E-state index contributed by atoms with van der Waals surface area (Å²) < 4.78 is 19.7. The van der Waals surface area contributed by atoms with Gasteiger partial charge in [0.15, 0.2) is 11.6 Å². The van der Waals surface area contributed by atoms with Crippen LogP contribution < -0.4 is 10.5 Å². The van der Waals surface area contributed by atoms with Gasteiger partial charge in [0.1, 0.15) is 0 Å². The molecule has 0 aliphatic carbocycles. The summed E-state index contributed by atoms with van der Waals surface area (Å²) in [5, 5.41) is 0. The maximum absolute atomic E-state index is 14.0. The summed E-state index contributed by atoms with van der Waals surface area (Å²) in [4.78, 5) is 0. The standard InChI is InChI=1S/C12H17BrFNO/c1-8-7-9(5-3-4-6-15)11(14)12(16-2)10(8)13/h7H,3-6,15H2,1-2H3. The lowest BCUT2D eigenvalue weighted by molar-refractivity contribution is 0.380. The van der Waals surface area contributed by atoms with Gasteiger partial charge in [0.2, 0.25) is 0 Å². The van der Waals surface area contributed by atoms with E-state index in [0.29, 0.717) is 28.8 Å². The zero-order valence-electron chi connectivity index (χ0n) is 9.65. The minimum Gasteiger partial charge on any atom is -0.492 e. The Morgan fingerprint density at radius 1 is 1.44 bits per heavy atom. The van der Waals surface area contributed by atoms with Crippen molar-refractivity contribution in [2.24, 2.45) is 5.73 Å². The number of hydrogen-bond donors (Lipinski definition) is 1. The second-order valence-electron chi connectivity index (χ2n) is 3.76. The molecule has 0 bridgehead atoms. The minimum absolute atomic E-state index is 0.267. The van der Waals surface area contributed by atoms with Crippen molar-refractivity contribution >= 4 is 15.9 Å². The molecule has 4 heteroatoms. The Balaban J connectivity index is 2.96. The van der Waals surface area contributed by atoms with Crippen LogP contribution in [0, 0.1) is 12.7 Å². The molecule has 2 N–H and O–H groups in total. The number of unbranched alkanes of at least 4 members (excludes halogenated alkanes) is 1. The summed E-state index contributed by atoms with van der Waals surface area (Å²) in [6.07, 6.45) is 2.52. The predicted octanol–water partition coefficient (Wildman–Crippen LogP) is 3.19. The van der Waals surface area contributed by atoms with Crippen LogP contribution in [0.25, 0.3) is 0 Å². The van der Waals surface area contributed by atoms with E-state index < -0.39 is 0 Å². The van der Waals surface area contributed by atoms with Gasteiger partial charge in [-0.2, -0.15) is 0 Å². The Labute approximate surface area is 104 Å². The average Bonchev–Trinajstić information content (AvgIpc) is 2.26. The van der Waals surface area contributed by atoms with Crippen LogP contribution in [-0.4, -0.2) is 13.7 Å². The van der Waals surface area contributed by atoms with Gasteiger partial charge < -0.3 is 10.5 Å². The third-order valence-corrected chi connectivity index (χ3v) is 3.51. The predicted molar refractivity (Wildman–Crippen MR) is 67.4 cm³/mol. The number of nitrogens with two attached hydrogens (primary N) is 1. The molecule has 0 radical (unpaired) electrons. The molecule has 0 amide bonds. The van der Waals surface area contributed by atoms with Crippen molar-refractivity contribution in [2.45, 2.75) is 26.2 Å². The van der Waals surface area contributed by atoms with Crippen molar-refractivity contribution in [3.63, 3.8) is 0 Å². The number of benzene rings is 1. The Kier molecular flexibility index (Phi) is 5.22. The molecule has 0 fully saturated rings. The van der Waals surface area contributed by atoms with Crippen molar-refractivity contribution in [1.82, 2.24) is 0 Å². The SMILES string of the molecule is COc1c(F)c(CCCCN)cc(C)c1Br. The van der Waals surface area contributed by atoms with Crippen molar-refractivity contribution in [2.75, 3.05) is 13.7 Å². The number of methoxy groups -OCH3 is 1. The lowest BCUT2D eigenvalue weighted by Crippen LogP contribution is -2.02. The first kappa shape index (κ1) is 13.5. The summed E-state index contributed by atoms with van der Waals surface area (Å²) >= 11 is 3.32. The quantitative estimate of drug-likeness (QED) is 0.845. The second-order valence-corrected chi connectivity index (χ2v) is 4.55. The van der Waals surface area contributed by atoms with E-state index in [2.05, 4.69) is 15.9 Å². The Hall–Kier alpha value is -0.610. The molecule has 0 saturated heterocycles. The van der Waals surface area contributed by atoms with E-state index in [1.54, 1.807) is 0 Å². The highest BCUT2D eigenvalue weighted by Crippen LogP contribution is 2.33. The van der Waals surface area contributed by atoms with Gasteiger partial charge in [-0.3, -0.25) is 0 Å². The van der Waals surface area contributed by atoms with Crippen LogP contribution >= 0.6 is 15.9 Å². The molecule has 0 aliphatic heterocycles. The molecule has 2 nitrogen and oxygen atoms in total. The molecule has 0 unspecified atom stereocenters. The molecular weight excluding hydrogens is 273 g/mol. The largest absolute Gasteiger partial charge is 0.492 e. The van der Waals surface area contributed by atoms with Crippen molar-refractivity contribution in [3.8, 4) is 5.75 Å². The van der Waals surface area contributed by atoms with E-state index in [1.165, 1.54) is 7.11 Å². The van der Waals surface area contributed by atoms with E-state index in [0.717, 1.165) is 18.4 Å². The van der Waals surface area contributed by atoms with Crippen molar-refractivity contribution in [3.05, 3.63) is 27.5 Å². The fraction of sp³-hybridized carbons (Fsp3) is 0.500. The molecule has 0 aromatic heterocycles. The number of hydrogen-bond acceptors (Lipinski definition) is 2. The minimum atomic E-state index is -0.267.